The van der Waals surface area contributed by atoms with Gasteiger partial charge in [0, 0.05) is 18.6 Å². The molecule has 98 valence electrons. The third-order valence-electron chi connectivity index (χ3n) is 5.14. The monoisotopic (exact) mass is 245 g/mol. The number of carbonyl (C=O) groups excluding carboxylic acids is 1. The number of hydrogen-bond acceptors (Lipinski definition) is 2. The molecule has 3 aliphatic carbocycles. The lowest BCUT2D eigenvalue weighted by molar-refractivity contribution is -0.118. The highest BCUT2D eigenvalue weighted by Crippen LogP contribution is 2.64. The van der Waals surface area contributed by atoms with E-state index < -0.39 is 0 Å². The Hall–Kier alpha value is -0.920. The Morgan fingerprint density at radius 2 is 2.00 bits per heavy atom. The highest BCUT2D eigenvalue weighted by Gasteiger charge is 2.55. The molecule has 0 saturated heterocycles. The predicted octanol–water partition coefficient (Wildman–Crippen LogP) is 3.71. The Kier molecular flexibility index (Phi) is 2.72. The summed E-state index contributed by atoms with van der Waals surface area (Å²) < 4.78 is 0. The molecule has 2 fully saturated rings. The second kappa shape index (κ2) is 4.04. The minimum atomic E-state index is 0.374. The van der Waals surface area contributed by atoms with Crippen LogP contribution in [0.5, 0.6) is 0 Å². The lowest BCUT2D eigenvalue weighted by Gasteiger charge is -2.20. The van der Waals surface area contributed by atoms with Crippen molar-refractivity contribution in [2.45, 2.75) is 65.3 Å². The van der Waals surface area contributed by atoms with E-state index >= 15 is 0 Å². The van der Waals surface area contributed by atoms with Crippen LogP contribution in [0.1, 0.15) is 59.3 Å². The van der Waals surface area contributed by atoms with Crippen LogP contribution in [0.2, 0.25) is 0 Å². The minimum Gasteiger partial charge on any atom is -0.299 e. The van der Waals surface area contributed by atoms with Crippen molar-refractivity contribution < 1.29 is 4.79 Å². The molecule has 2 heteroatoms. The molecule has 0 aromatic rings. The van der Waals surface area contributed by atoms with Gasteiger partial charge in [0.05, 0.1) is 6.04 Å². The first kappa shape index (κ1) is 12.1. The van der Waals surface area contributed by atoms with Crippen molar-refractivity contribution in [2.24, 2.45) is 16.3 Å². The van der Waals surface area contributed by atoms with Gasteiger partial charge in [0.25, 0.3) is 0 Å². The Morgan fingerprint density at radius 3 is 2.72 bits per heavy atom. The van der Waals surface area contributed by atoms with Crippen molar-refractivity contribution in [3.8, 4) is 0 Å². The quantitative estimate of drug-likeness (QED) is 0.648. The SMILES string of the molecule is CC1=C2[C@@H](CC[C@H]1N=C1CCCC(=O)C1)C2(C)C. The van der Waals surface area contributed by atoms with Crippen LogP contribution >= 0.6 is 0 Å². The largest absolute Gasteiger partial charge is 0.299 e. The first-order valence-electron chi connectivity index (χ1n) is 7.28. The number of carbonyl (C=O) groups is 1. The Bertz CT molecular complexity index is 456. The van der Waals surface area contributed by atoms with Crippen molar-refractivity contribution in [2.75, 3.05) is 0 Å². The molecule has 0 spiro atoms. The van der Waals surface area contributed by atoms with E-state index in [2.05, 4.69) is 20.8 Å². The summed E-state index contributed by atoms with van der Waals surface area (Å²) >= 11 is 0. The first-order chi connectivity index (χ1) is 8.50. The summed E-state index contributed by atoms with van der Waals surface area (Å²) in [5, 5.41) is 0. The third kappa shape index (κ3) is 1.86. The van der Waals surface area contributed by atoms with E-state index in [1.54, 1.807) is 5.57 Å². The van der Waals surface area contributed by atoms with Gasteiger partial charge in [0.1, 0.15) is 5.78 Å². The fourth-order valence-corrected chi connectivity index (χ4v) is 4.03. The van der Waals surface area contributed by atoms with Gasteiger partial charge in [0.15, 0.2) is 0 Å². The molecule has 18 heavy (non-hydrogen) atoms. The smallest absolute Gasteiger partial charge is 0.138 e. The summed E-state index contributed by atoms with van der Waals surface area (Å²) in [5.74, 6) is 1.20. The van der Waals surface area contributed by atoms with Gasteiger partial charge in [-0.05, 0) is 49.5 Å². The summed E-state index contributed by atoms with van der Waals surface area (Å²) in [6.07, 6.45) is 5.90. The predicted molar refractivity (Wildman–Crippen MR) is 73.9 cm³/mol. The van der Waals surface area contributed by atoms with Crippen LogP contribution in [0, 0.1) is 11.3 Å². The molecule has 0 aliphatic heterocycles. The second-order valence-corrected chi connectivity index (χ2v) is 6.73. The molecule has 2 atom stereocenters. The standard InChI is InChI=1S/C16H23NO/c1-10-14(8-7-13-15(10)16(13,2)3)17-11-5-4-6-12(18)9-11/h13-14H,4-9H2,1-3H3/t13-,14-/m1/s1. The highest BCUT2D eigenvalue weighted by atomic mass is 16.1. The van der Waals surface area contributed by atoms with Crippen LogP contribution in [0.4, 0.5) is 0 Å². The molecule has 0 bridgehead atoms. The summed E-state index contributed by atoms with van der Waals surface area (Å²) in [5.41, 5.74) is 4.75. The van der Waals surface area contributed by atoms with Crippen LogP contribution in [-0.4, -0.2) is 17.5 Å². The van der Waals surface area contributed by atoms with E-state index in [0.717, 1.165) is 30.9 Å². The van der Waals surface area contributed by atoms with Crippen molar-refractivity contribution in [3.63, 3.8) is 0 Å². The fraction of sp³-hybridized carbons (Fsp3) is 0.750. The van der Waals surface area contributed by atoms with Crippen molar-refractivity contribution >= 4 is 11.5 Å². The number of ketones is 1. The minimum absolute atomic E-state index is 0.374. The summed E-state index contributed by atoms with van der Waals surface area (Å²) in [4.78, 5) is 16.4. The number of Topliss-reactive ketones (excluding diaryl/α,β-unsaturated/α-hetero) is 1. The number of aliphatic imine (C=N–C) groups is 1. The van der Waals surface area contributed by atoms with Crippen LogP contribution in [0.15, 0.2) is 16.1 Å². The maximum atomic E-state index is 11.5. The van der Waals surface area contributed by atoms with E-state index in [-0.39, 0.29) is 0 Å². The first-order valence-corrected chi connectivity index (χ1v) is 7.28. The molecule has 0 N–H and O–H groups in total. The molecule has 0 amide bonds. The molecular formula is C16H23NO. The zero-order chi connectivity index (χ0) is 12.9. The lowest BCUT2D eigenvalue weighted by atomic mass is 9.93. The topological polar surface area (TPSA) is 29.4 Å². The number of hydrogen-bond donors (Lipinski definition) is 0. The van der Waals surface area contributed by atoms with E-state index in [0.29, 0.717) is 23.7 Å². The van der Waals surface area contributed by atoms with Gasteiger partial charge in [-0.3, -0.25) is 9.79 Å². The lowest BCUT2D eigenvalue weighted by Crippen LogP contribution is -2.19. The maximum Gasteiger partial charge on any atom is 0.138 e. The van der Waals surface area contributed by atoms with Crippen molar-refractivity contribution in [3.05, 3.63) is 11.1 Å². The molecular weight excluding hydrogens is 222 g/mol. The molecule has 0 aromatic heterocycles. The maximum absolute atomic E-state index is 11.5. The Balaban J connectivity index is 1.80. The summed E-state index contributed by atoms with van der Waals surface area (Å²) in [7, 11) is 0. The molecule has 0 heterocycles. The van der Waals surface area contributed by atoms with Gasteiger partial charge in [-0.1, -0.05) is 19.4 Å². The normalized spacial score (nSPS) is 36.8. The summed E-state index contributed by atoms with van der Waals surface area (Å²) in [6, 6.07) is 0.374. The van der Waals surface area contributed by atoms with Crippen LogP contribution < -0.4 is 0 Å². The van der Waals surface area contributed by atoms with Gasteiger partial charge in [0.2, 0.25) is 0 Å². The zero-order valence-corrected chi connectivity index (χ0v) is 11.8. The molecule has 3 aliphatic rings. The van der Waals surface area contributed by atoms with Crippen LogP contribution in [0.25, 0.3) is 0 Å². The van der Waals surface area contributed by atoms with Gasteiger partial charge < -0.3 is 0 Å². The van der Waals surface area contributed by atoms with E-state index in [9.17, 15) is 4.79 Å². The Labute approximate surface area is 110 Å². The number of nitrogens with zero attached hydrogens (tertiary/aromatic N) is 1. The van der Waals surface area contributed by atoms with E-state index in [4.69, 9.17) is 4.99 Å². The molecule has 0 radical (unpaired) electrons. The van der Waals surface area contributed by atoms with E-state index in [1.807, 2.05) is 0 Å². The number of allylic oxidation sites excluding steroid dienone is 1. The van der Waals surface area contributed by atoms with E-state index in [1.165, 1.54) is 18.4 Å². The third-order valence-corrected chi connectivity index (χ3v) is 5.14. The fourth-order valence-electron chi connectivity index (χ4n) is 4.03. The average Bonchev–Trinajstić information content (AvgIpc) is 2.86. The van der Waals surface area contributed by atoms with Crippen LogP contribution in [0.3, 0.4) is 0 Å². The zero-order valence-electron chi connectivity index (χ0n) is 11.8. The molecule has 0 aromatic carbocycles. The molecule has 2 nitrogen and oxygen atoms in total. The van der Waals surface area contributed by atoms with Crippen molar-refractivity contribution in [1.29, 1.82) is 0 Å². The summed E-state index contributed by atoms with van der Waals surface area (Å²) in [6.45, 7) is 6.97. The van der Waals surface area contributed by atoms with Gasteiger partial charge in [-0.2, -0.15) is 0 Å². The van der Waals surface area contributed by atoms with Crippen LogP contribution in [-0.2, 0) is 4.79 Å². The highest BCUT2D eigenvalue weighted by molar-refractivity contribution is 6.04. The second-order valence-electron chi connectivity index (χ2n) is 6.73. The van der Waals surface area contributed by atoms with Gasteiger partial charge >= 0.3 is 0 Å². The van der Waals surface area contributed by atoms with Crippen molar-refractivity contribution in [1.82, 2.24) is 0 Å². The number of rotatable bonds is 1. The van der Waals surface area contributed by atoms with Gasteiger partial charge in [-0.25, -0.2) is 0 Å². The molecule has 2 saturated carbocycles. The van der Waals surface area contributed by atoms with Gasteiger partial charge in [-0.15, -0.1) is 0 Å². The Morgan fingerprint density at radius 1 is 1.22 bits per heavy atom. The molecule has 0 unspecified atom stereocenters. The average molecular weight is 245 g/mol. The molecule has 3 rings (SSSR count). The number of fused-ring (bicyclic) bond motifs is 1.